The van der Waals surface area contributed by atoms with Crippen molar-refractivity contribution >= 4 is 40.8 Å². The first kappa shape index (κ1) is 22.1. The molecule has 2 N–H and O–H groups in total. The van der Waals surface area contributed by atoms with E-state index in [9.17, 15) is 14.4 Å². The van der Waals surface area contributed by atoms with Gasteiger partial charge in [-0.2, -0.15) is 0 Å². The lowest BCUT2D eigenvalue weighted by Crippen LogP contribution is -2.24. The SMILES string of the molecule is COC(=O)c1cc(Cl)ccc1NC(=O)COCC(=O)Nc1cccc(-c2ccoc2)c1. The highest BCUT2D eigenvalue weighted by Crippen LogP contribution is 2.23. The van der Waals surface area contributed by atoms with Crippen molar-refractivity contribution in [3.05, 3.63) is 71.6 Å². The predicted octanol–water partition coefficient (Wildman–Crippen LogP) is 3.98. The van der Waals surface area contributed by atoms with Crippen molar-refractivity contribution in [3.63, 3.8) is 0 Å². The highest BCUT2D eigenvalue weighted by atomic mass is 35.5. The fourth-order valence-electron chi connectivity index (χ4n) is 2.73. The van der Waals surface area contributed by atoms with Gasteiger partial charge in [0.2, 0.25) is 11.8 Å². The molecule has 1 aromatic heterocycles. The van der Waals surface area contributed by atoms with Crippen LogP contribution in [0.2, 0.25) is 5.02 Å². The van der Waals surface area contributed by atoms with E-state index in [1.807, 2.05) is 12.1 Å². The van der Waals surface area contributed by atoms with Crippen LogP contribution >= 0.6 is 11.6 Å². The van der Waals surface area contributed by atoms with Gasteiger partial charge < -0.3 is 24.5 Å². The van der Waals surface area contributed by atoms with Gasteiger partial charge in [-0.25, -0.2) is 4.79 Å². The van der Waals surface area contributed by atoms with Crippen LogP contribution in [-0.2, 0) is 19.1 Å². The third-order valence-corrected chi connectivity index (χ3v) is 4.36. The molecule has 0 saturated heterocycles. The summed E-state index contributed by atoms with van der Waals surface area (Å²) in [7, 11) is 1.22. The maximum Gasteiger partial charge on any atom is 0.340 e. The minimum absolute atomic E-state index is 0.110. The molecule has 31 heavy (non-hydrogen) atoms. The van der Waals surface area contributed by atoms with E-state index in [0.717, 1.165) is 11.1 Å². The molecule has 0 aliphatic carbocycles. The van der Waals surface area contributed by atoms with Crippen LogP contribution in [0.25, 0.3) is 11.1 Å². The van der Waals surface area contributed by atoms with E-state index in [1.54, 1.807) is 30.7 Å². The number of benzene rings is 2. The van der Waals surface area contributed by atoms with Crippen LogP contribution in [0.3, 0.4) is 0 Å². The summed E-state index contributed by atoms with van der Waals surface area (Å²) in [6.07, 6.45) is 3.17. The number of rotatable bonds is 8. The van der Waals surface area contributed by atoms with Crippen LogP contribution < -0.4 is 10.6 Å². The second-order valence-corrected chi connectivity index (χ2v) is 6.80. The highest BCUT2D eigenvalue weighted by molar-refractivity contribution is 6.31. The number of anilines is 2. The van der Waals surface area contributed by atoms with Gasteiger partial charge in [0, 0.05) is 16.3 Å². The number of furan rings is 1. The summed E-state index contributed by atoms with van der Waals surface area (Å²) < 4.78 is 14.9. The summed E-state index contributed by atoms with van der Waals surface area (Å²) in [5.41, 5.74) is 2.69. The number of amides is 2. The molecule has 0 fully saturated rings. The molecule has 160 valence electrons. The molecule has 0 aliphatic heterocycles. The number of ether oxygens (including phenoxy) is 2. The second-order valence-electron chi connectivity index (χ2n) is 6.36. The predicted molar refractivity (Wildman–Crippen MR) is 115 cm³/mol. The summed E-state index contributed by atoms with van der Waals surface area (Å²) in [6, 6.07) is 13.4. The van der Waals surface area contributed by atoms with Gasteiger partial charge in [0.25, 0.3) is 0 Å². The Bertz CT molecular complexity index is 1080. The van der Waals surface area contributed by atoms with Crippen molar-refractivity contribution < 1.29 is 28.3 Å². The normalized spacial score (nSPS) is 10.4. The zero-order valence-corrected chi connectivity index (χ0v) is 17.3. The largest absolute Gasteiger partial charge is 0.472 e. The Hall–Kier alpha value is -3.62. The molecule has 0 radical (unpaired) electrons. The molecule has 9 heteroatoms. The fourth-order valence-corrected chi connectivity index (χ4v) is 2.90. The zero-order valence-electron chi connectivity index (χ0n) is 16.5. The van der Waals surface area contributed by atoms with Crippen molar-refractivity contribution in [1.29, 1.82) is 0 Å². The lowest BCUT2D eigenvalue weighted by atomic mass is 10.1. The molecular weight excluding hydrogens is 424 g/mol. The molecule has 8 nitrogen and oxygen atoms in total. The molecular formula is C22H19ClN2O6. The van der Waals surface area contributed by atoms with Gasteiger partial charge in [0.15, 0.2) is 0 Å². The average Bonchev–Trinajstić information content (AvgIpc) is 3.29. The zero-order chi connectivity index (χ0) is 22.2. The average molecular weight is 443 g/mol. The quantitative estimate of drug-likeness (QED) is 0.511. The smallest absolute Gasteiger partial charge is 0.340 e. The van der Waals surface area contributed by atoms with E-state index < -0.39 is 17.8 Å². The Labute approximate surface area is 183 Å². The molecule has 0 saturated carbocycles. The van der Waals surface area contributed by atoms with Gasteiger partial charge in [-0.05, 0) is 42.0 Å². The van der Waals surface area contributed by atoms with E-state index in [-0.39, 0.29) is 24.5 Å². The number of methoxy groups -OCH3 is 1. The van der Waals surface area contributed by atoms with Gasteiger partial charge in [-0.3, -0.25) is 9.59 Å². The minimum Gasteiger partial charge on any atom is -0.472 e. The molecule has 0 atom stereocenters. The standard InChI is InChI=1S/C22H19ClN2O6/c1-29-22(28)18-10-16(23)5-6-19(18)25-21(27)13-31-12-20(26)24-17-4-2-3-14(9-17)15-7-8-30-11-15/h2-11H,12-13H2,1H3,(H,24,26)(H,25,27). The van der Waals surface area contributed by atoms with E-state index >= 15 is 0 Å². The van der Waals surface area contributed by atoms with Crippen LogP contribution in [0.5, 0.6) is 0 Å². The molecule has 3 rings (SSSR count). The van der Waals surface area contributed by atoms with Crippen molar-refractivity contribution in [2.45, 2.75) is 0 Å². The topological polar surface area (TPSA) is 107 Å². The Kier molecular flexibility index (Phi) is 7.42. The van der Waals surface area contributed by atoms with Crippen LogP contribution in [-0.4, -0.2) is 38.1 Å². The summed E-state index contributed by atoms with van der Waals surface area (Å²) in [5, 5.41) is 5.56. The Morgan fingerprint density at radius 1 is 0.968 bits per heavy atom. The van der Waals surface area contributed by atoms with Gasteiger partial charge >= 0.3 is 5.97 Å². The highest BCUT2D eigenvalue weighted by Gasteiger charge is 2.15. The molecule has 0 spiro atoms. The van der Waals surface area contributed by atoms with Crippen molar-refractivity contribution in [1.82, 2.24) is 0 Å². The van der Waals surface area contributed by atoms with E-state index in [0.29, 0.717) is 10.7 Å². The van der Waals surface area contributed by atoms with E-state index in [2.05, 4.69) is 15.4 Å². The van der Waals surface area contributed by atoms with Crippen molar-refractivity contribution in [2.75, 3.05) is 31.0 Å². The molecule has 0 bridgehead atoms. The number of carbonyl (C=O) groups is 3. The van der Waals surface area contributed by atoms with E-state index in [4.69, 9.17) is 20.8 Å². The Morgan fingerprint density at radius 2 is 1.74 bits per heavy atom. The third-order valence-electron chi connectivity index (χ3n) is 4.13. The van der Waals surface area contributed by atoms with Gasteiger partial charge in [-0.15, -0.1) is 0 Å². The van der Waals surface area contributed by atoms with Crippen molar-refractivity contribution in [2.24, 2.45) is 0 Å². The first-order valence-electron chi connectivity index (χ1n) is 9.14. The summed E-state index contributed by atoms with van der Waals surface area (Å²) in [6.45, 7) is -0.709. The number of carbonyl (C=O) groups excluding carboxylic acids is 3. The fraction of sp³-hybridized carbons (Fsp3) is 0.136. The minimum atomic E-state index is -0.643. The van der Waals surface area contributed by atoms with Gasteiger partial charge in [0.05, 0.1) is 30.9 Å². The third kappa shape index (κ3) is 6.18. The number of esters is 1. The number of nitrogens with one attached hydrogen (secondary N) is 2. The molecule has 0 aliphatic rings. The Balaban J connectivity index is 1.49. The second kappa shape index (κ2) is 10.4. The van der Waals surface area contributed by atoms with E-state index in [1.165, 1.54) is 25.3 Å². The molecule has 3 aromatic rings. The lowest BCUT2D eigenvalue weighted by Gasteiger charge is -2.11. The van der Waals surface area contributed by atoms with Crippen molar-refractivity contribution in [3.8, 4) is 11.1 Å². The first-order valence-corrected chi connectivity index (χ1v) is 9.52. The van der Waals surface area contributed by atoms with Crippen LogP contribution in [0, 0.1) is 0 Å². The van der Waals surface area contributed by atoms with Crippen LogP contribution in [0.15, 0.2) is 65.5 Å². The van der Waals surface area contributed by atoms with Gasteiger partial charge in [-0.1, -0.05) is 23.7 Å². The van der Waals surface area contributed by atoms with Crippen LogP contribution in [0.4, 0.5) is 11.4 Å². The summed E-state index contributed by atoms with van der Waals surface area (Å²) in [4.78, 5) is 36.0. The molecule has 0 unspecified atom stereocenters. The number of hydrogen-bond donors (Lipinski definition) is 2. The number of hydrogen-bond acceptors (Lipinski definition) is 6. The van der Waals surface area contributed by atoms with Crippen LogP contribution in [0.1, 0.15) is 10.4 Å². The monoisotopic (exact) mass is 442 g/mol. The molecule has 2 amide bonds. The number of halogens is 1. The van der Waals surface area contributed by atoms with Gasteiger partial charge in [0.1, 0.15) is 13.2 Å². The molecule has 1 heterocycles. The maximum absolute atomic E-state index is 12.1. The summed E-state index contributed by atoms with van der Waals surface area (Å²) in [5.74, 6) is -1.60. The Morgan fingerprint density at radius 3 is 2.45 bits per heavy atom. The first-order chi connectivity index (χ1) is 15.0. The summed E-state index contributed by atoms with van der Waals surface area (Å²) >= 11 is 5.88. The lowest BCUT2D eigenvalue weighted by molar-refractivity contribution is -0.125. The molecule has 2 aromatic carbocycles. The maximum atomic E-state index is 12.1.